The zero-order valence-corrected chi connectivity index (χ0v) is 17.9. The Hall–Kier alpha value is -2.75. The highest BCUT2D eigenvalue weighted by Gasteiger charge is 2.29. The van der Waals surface area contributed by atoms with E-state index < -0.39 is 10.0 Å². The molecule has 1 fully saturated rings. The van der Waals surface area contributed by atoms with Crippen molar-refractivity contribution in [2.24, 2.45) is 7.05 Å². The molecule has 1 amide bonds. The van der Waals surface area contributed by atoms with Gasteiger partial charge in [0.1, 0.15) is 5.82 Å². The summed E-state index contributed by atoms with van der Waals surface area (Å²) in [5.74, 6) is 0.781. The van der Waals surface area contributed by atoms with Crippen LogP contribution in [0.2, 0.25) is 0 Å². The summed E-state index contributed by atoms with van der Waals surface area (Å²) in [6.45, 7) is 4.25. The quantitative estimate of drug-likeness (QED) is 0.673. The summed E-state index contributed by atoms with van der Waals surface area (Å²) < 4.78 is 29.5. The number of piperazine rings is 1. The monoisotopic (exact) mass is 427 g/mol. The Morgan fingerprint density at radius 3 is 2.33 bits per heavy atom. The van der Waals surface area contributed by atoms with Gasteiger partial charge in [0, 0.05) is 45.8 Å². The smallest absolute Gasteiger partial charge is 0.243 e. The molecule has 1 aromatic heterocycles. The summed E-state index contributed by atoms with van der Waals surface area (Å²) >= 11 is 0. The fraction of sp³-hybridized carbons (Fsp3) is 0.333. The van der Waals surface area contributed by atoms with E-state index in [0.717, 1.165) is 16.9 Å². The van der Waals surface area contributed by atoms with Gasteiger partial charge in [0.2, 0.25) is 15.9 Å². The fourth-order valence-corrected chi connectivity index (χ4v) is 5.15. The maximum absolute atomic E-state index is 13.0. The van der Waals surface area contributed by atoms with E-state index in [4.69, 9.17) is 4.98 Å². The second kappa shape index (κ2) is 8.17. The molecule has 0 saturated carbocycles. The minimum atomic E-state index is -3.56. The average Bonchev–Trinajstić information content (AvgIpc) is 3.04. The lowest BCUT2D eigenvalue weighted by molar-refractivity contribution is -0.114. The van der Waals surface area contributed by atoms with Gasteiger partial charge in [0.15, 0.2) is 0 Å². The van der Waals surface area contributed by atoms with E-state index in [1.165, 1.54) is 23.4 Å². The molecule has 2 heterocycles. The van der Waals surface area contributed by atoms with E-state index >= 15 is 0 Å². The van der Waals surface area contributed by atoms with Crippen molar-refractivity contribution < 1.29 is 13.2 Å². The van der Waals surface area contributed by atoms with Crippen LogP contribution in [0.3, 0.4) is 0 Å². The molecule has 1 N–H and O–H groups in total. The number of benzene rings is 2. The number of carbonyl (C=O) groups excluding carboxylic acids is 1. The molecule has 1 aliphatic rings. The van der Waals surface area contributed by atoms with E-state index in [1.807, 2.05) is 31.3 Å². The average molecular weight is 428 g/mol. The van der Waals surface area contributed by atoms with Gasteiger partial charge in [0.25, 0.3) is 0 Å². The summed E-state index contributed by atoms with van der Waals surface area (Å²) in [5.41, 5.74) is 2.64. The Balaban J connectivity index is 1.40. The number of hydrogen-bond acceptors (Lipinski definition) is 5. The van der Waals surface area contributed by atoms with Crippen LogP contribution in [-0.4, -0.2) is 59.3 Å². The number of hydrogen-bond donors (Lipinski definition) is 1. The maximum Gasteiger partial charge on any atom is 0.243 e. The second-order valence-corrected chi connectivity index (χ2v) is 9.40. The molecule has 0 spiro atoms. The molecule has 1 saturated heterocycles. The Bertz CT molecular complexity index is 1160. The molecule has 0 aliphatic carbocycles. The first kappa shape index (κ1) is 20.5. The van der Waals surface area contributed by atoms with Crippen molar-refractivity contribution in [3.05, 3.63) is 54.4 Å². The van der Waals surface area contributed by atoms with Gasteiger partial charge < -0.3 is 9.88 Å². The topological polar surface area (TPSA) is 87.5 Å². The molecular formula is C21H25N5O3S. The van der Waals surface area contributed by atoms with Gasteiger partial charge in [-0.25, -0.2) is 13.4 Å². The number of nitrogens with one attached hydrogen (secondary N) is 1. The highest BCUT2D eigenvalue weighted by molar-refractivity contribution is 7.89. The van der Waals surface area contributed by atoms with Crippen molar-refractivity contribution in [2.45, 2.75) is 18.4 Å². The first-order valence-corrected chi connectivity index (χ1v) is 11.3. The van der Waals surface area contributed by atoms with Crippen LogP contribution in [0.25, 0.3) is 11.0 Å². The van der Waals surface area contributed by atoms with Crippen molar-refractivity contribution in [1.82, 2.24) is 18.8 Å². The lowest BCUT2D eigenvalue weighted by Gasteiger charge is -2.33. The van der Waals surface area contributed by atoms with Gasteiger partial charge >= 0.3 is 0 Å². The van der Waals surface area contributed by atoms with Crippen LogP contribution >= 0.6 is 0 Å². The third-order valence-corrected chi connectivity index (χ3v) is 7.30. The molecule has 158 valence electrons. The third-order valence-electron chi connectivity index (χ3n) is 5.39. The Morgan fingerprint density at radius 1 is 1.03 bits per heavy atom. The number of anilines is 1. The fourth-order valence-electron chi connectivity index (χ4n) is 3.73. The van der Waals surface area contributed by atoms with Crippen molar-refractivity contribution in [3.8, 4) is 0 Å². The number of fused-ring (bicyclic) bond motifs is 1. The number of amides is 1. The zero-order valence-electron chi connectivity index (χ0n) is 17.1. The molecule has 0 unspecified atom stereocenters. The van der Waals surface area contributed by atoms with E-state index in [9.17, 15) is 13.2 Å². The summed E-state index contributed by atoms with van der Waals surface area (Å²) in [4.78, 5) is 18.3. The number of para-hydroxylation sites is 2. The van der Waals surface area contributed by atoms with Crippen LogP contribution in [0.4, 0.5) is 5.69 Å². The van der Waals surface area contributed by atoms with E-state index in [-0.39, 0.29) is 10.8 Å². The Labute approximate surface area is 176 Å². The maximum atomic E-state index is 13.0. The van der Waals surface area contributed by atoms with E-state index in [2.05, 4.69) is 14.8 Å². The summed E-state index contributed by atoms with van der Waals surface area (Å²) in [5, 5.41) is 2.64. The normalized spacial score (nSPS) is 16.1. The van der Waals surface area contributed by atoms with Crippen LogP contribution in [0.15, 0.2) is 53.4 Å². The van der Waals surface area contributed by atoms with Gasteiger partial charge in [-0.3, -0.25) is 9.69 Å². The van der Waals surface area contributed by atoms with E-state index in [1.54, 1.807) is 12.1 Å². The summed E-state index contributed by atoms with van der Waals surface area (Å²) in [6.07, 6.45) is 0. The molecule has 1 aliphatic heterocycles. The van der Waals surface area contributed by atoms with Gasteiger partial charge in [-0.15, -0.1) is 0 Å². The molecule has 0 bridgehead atoms. The molecule has 0 atom stereocenters. The lowest BCUT2D eigenvalue weighted by Crippen LogP contribution is -2.48. The lowest BCUT2D eigenvalue weighted by atomic mass is 10.3. The van der Waals surface area contributed by atoms with Crippen molar-refractivity contribution >= 4 is 32.7 Å². The van der Waals surface area contributed by atoms with Crippen LogP contribution in [0.1, 0.15) is 12.7 Å². The van der Waals surface area contributed by atoms with Gasteiger partial charge in [-0.1, -0.05) is 12.1 Å². The van der Waals surface area contributed by atoms with Crippen LogP contribution in [-0.2, 0) is 28.4 Å². The highest BCUT2D eigenvalue weighted by Crippen LogP contribution is 2.21. The zero-order chi connectivity index (χ0) is 21.3. The van der Waals surface area contributed by atoms with Gasteiger partial charge in [-0.2, -0.15) is 4.31 Å². The minimum Gasteiger partial charge on any atom is -0.330 e. The largest absolute Gasteiger partial charge is 0.330 e. The third kappa shape index (κ3) is 4.09. The number of imidazole rings is 1. The summed E-state index contributed by atoms with van der Waals surface area (Å²) in [6, 6.07) is 14.3. The number of nitrogens with zero attached hydrogens (tertiary/aromatic N) is 4. The minimum absolute atomic E-state index is 0.192. The SMILES string of the molecule is CC(=O)Nc1ccc(S(=O)(=O)N2CCN(Cc3nc4ccccc4n3C)CC2)cc1. The van der Waals surface area contributed by atoms with E-state index in [0.29, 0.717) is 38.4 Å². The van der Waals surface area contributed by atoms with Gasteiger partial charge in [0.05, 0.1) is 22.5 Å². The van der Waals surface area contributed by atoms with Crippen LogP contribution in [0, 0.1) is 0 Å². The van der Waals surface area contributed by atoms with Crippen molar-refractivity contribution in [2.75, 3.05) is 31.5 Å². The second-order valence-electron chi connectivity index (χ2n) is 7.46. The first-order chi connectivity index (χ1) is 14.3. The van der Waals surface area contributed by atoms with Gasteiger partial charge in [-0.05, 0) is 36.4 Å². The molecule has 3 aromatic rings. The molecule has 0 radical (unpaired) electrons. The predicted molar refractivity (Wildman–Crippen MR) is 115 cm³/mol. The first-order valence-electron chi connectivity index (χ1n) is 9.85. The molecule has 30 heavy (non-hydrogen) atoms. The molecule has 4 rings (SSSR count). The number of aromatic nitrogens is 2. The number of aryl methyl sites for hydroxylation is 1. The number of carbonyl (C=O) groups is 1. The molecular weight excluding hydrogens is 402 g/mol. The Morgan fingerprint density at radius 2 is 1.70 bits per heavy atom. The predicted octanol–water partition coefficient (Wildman–Crippen LogP) is 2.04. The molecule has 9 heteroatoms. The Kier molecular flexibility index (Phi) is 5.59. The number of sulfonamides is 1. The molecule has 2 aromatic carbocycles. The van der Waals surface area contributed by atoms with Crippen LogP contribution < -0.4 is 5.32 Å². The van der Waals surface area contributed by atoms with Crippen molar-refractivity contribution in [1.29, 1.82) is 0 Å². The molecule has 8 nitrogen and oxygen atoms in total. The highest BCUT2D eigenvalue weighted by atomic mass is 32.2. The van der Waals surface area contributed by atoms with Crippen LogP contribution in [0.5, 0.6) is 0 Å². The standard InChI is InChI=1S/C21H25N5O3S/c1-16(27)22-17-7-9-18(10-8-17)30(28,29)26-13-11-25(12-14-26)15-21-23-19-5-3-4-6-20(19)24(21)2/h3-10H,11-15H2,1-2H3,(H,22,27). The number of rotatable bonds is 5. The van der Waals surface area contributed by atoms with Crippen molar-refractivity contribution in [3.63, 3.8) is 0 Å². The summed E-state index contributed by atoms with van der Waals surface area (Å²) in [7, 11) is -1.55.